The number of aromatic nitrogens is 1. The summed E-state index contributed by atoms with van der Waals surface area (Å²) in [5.74, 6) is 0.935. The summed E-state index contributed by atoms with van der Waals surface area (Å²) >= 11 is 0. The summed E-state index contributed by atoms with van der Waals surface area (Å²) in [7, 11) is 0. The Morgan fingerprint density at radius 2 is 2.16 bits per heavy atom. The topological polar surface area (TPSA) is 55.5 Å². The molecule has 1 fully saturated rings. The molecule has 0 amide bonds. The van der Waals surface area contributed by atoms with Crippen molar-refractivity contribution in [2.75, 3.05) is 32.7 Å². The predicted octanol–water partition coefficient (Wildman–Crippen LogP) is 2.75. The molecule has 136 valence electrons. The van der Waals surface area contributed by atoms with E-state index < -0.39 is 0 Å². The minimum absolute atomic E-state index is 0.606. The molecule has 0 saturated carbocycles. The van der Waals surface area contributed by atoms with E-state index in [1.807, 2.05) is 0 Å². The summed E-state index contributed by atoms with van der Waals surface area (Å²) in [6, 6.07) is 9.08. The zero-order valence-electron chi connectivity index (χ0n) is 15.5. The van der Waals surface area contributed by atoms with E-state index >= 15 is 0 Å². The Hall–Kier alpha value is -2.01. The van der Waals surface area contributed by atoms with Crippen molar-refractivity contribution < 1.29 is 0 Å². The summed E-state index contributed by atoms with van der Waals surface area (Å²) in [6.07, 6.45) is 5.68. The highest BCUT2D eigenvalue weighted by atomic mass is 15.2. The molecule has 3 rings (SSSR count). The third kappa shape index (κ3) is 4.54. The maximum absolute atomic E-state index is 4.82. The number of aliphatic imine (C=N–C) groups is 1. The van der Waals surface area contributed by atoms with Crippen LogP contribution in [0.15, 0.2) is 35.5 Å². The molecule has 1 aromatic heterocycles. The second-order valence-electron chi connectivity index (χ2n) is 6.68. The van der Waals surface area contributed by atoms with Crippen molar-refractivity contribution in [2.24, 2.45) is 4.99 Å². The molecule has 2 heterocycles. The highest BCUT2D eigenvalue weighted by Gasteiger charge is 2.22. The van der Waals surface area contributed by atoms with Crippen LogP contribution in [0.1, 0.15) is 32.3 Å². The molecule has 0 radical (unpaired) electrons. The number of nitrogens with one attached hydrogen (secondary N) is 3. The number of guanidine groups is 1. The Morgan fingerprint density at radius 1 is 1.28 bits per heavy atom. The quantitative estimate of drug-likeness (QED) is 0.536. The molecule has 0 aliphatic carbocycles. The number of hydrogen-bond donors (Lipinski definition) is 3. The van der Waals surface area contributed by atoms with Crippen molar-refractivity contribution in [3.8, 4) is 0 Å². The van der Waals surface area contributed by atoms with Crippen LogP contribution in [-0.2, 0) is 6.42 Å². The van der Waals surface area contributed by atoms with Crippen LogP contribution in [0.25, 0.3) is 10.9 Å². The third-order valence-electron chi connectivity index (χ3n) is 5.07. The first kappa shape index (κ1) is 17.8. The van der Waals surface area contributed by atoms with Crippen LogP contribution in [0.4, 0.5) is 0 Å². The number of hydrogen-bond acceptors (Lipinski definition) is 2. The van der Waals surface area contributed by atoms with Gasteiger partial charge in [-0.3, -0.25) is 9.89 Å². The van der Waals surface area contributed by atoms with Gasteiger partial charge < -0.3 is 15.6 Å². The van der Waals surface area contributed by atoms with Crippen molar-refractivity contribution in [2.45, 2.75) is 39.2 Å². The molecular formula is C20H31N5. The van der Waals surface area contributed by atoms with E-state index in [4.69, 9.17) is 4.99 Å². The van der Waals surface area contributed by atoms with Gasteiger partial charge in [-0.1, -0.05) is 25.1 Å². The van der Waals surface area contributed by atoms with Gasteiger partial charge in [0.2, 0.25) is 0 Å². The second kappa shape index (κ2) is 8.90. The van der Waals surface area contributed by atoms with Crippen LogP contribution in [0.3, 0.4) is 0 Å². The molecule has 25 heavy (non-hydrogen) atoms. The number of rotatable bonds is 7. The molecule has 1 aliphatic heterocycles. The van der Waals surface area contributed by atoms with E-state index in [-0.39, 0.29) is 0 Å². The first-order valence-electron chi connectivity index (χ1n) is 9.63. The summed E-state index contributed by atoms with van der Waals surface area (Å²) in [5.41, 5.74) is 2.56. The SMILES string of the molecule is CCNC(=NCC1CCCN1CC)NCCc1c[nH]c2ccccc12. The lowest BCUT2D eigenvalue weighted by Crippen LogP contribution is -2.40. The number of H-pyrrole nitrogens is 1. The normalized spacial score (nSPS) is 18.8. The maximum atomic E-state index is 4.82. The first-order valence-corrected chi connectivity index (χ1v) is 9.63. The minimum atomic E-state index is 0.606. The summed E-state index contributed by atoms with van der Waals surface area (Å²) in [5, 5.41) is 8.17. The molecule has 1 atom stereocenters. The van der Waals surface area contributed by atoms with Gasteiger partial charge in [-0.15, -0.1) is 0 Å². The van der Waals surface area contributed by atoms with Crippen LogP contribution in [0.2, 0.25) is 0 Å². The molecule has 5 heteroatoms. The Morgan fingerprint density at radius 3 is 3.00 bits per heavy atom. The van der Waals surface area contributed by atoms with Gasteiger partial charge in [0.1, 0.15) is 0 Å². The van der Waals surface area contributed by atoms with Crippen molar-refractivity contribution in [1.29, 1.82) is 0 Å². The van der Waals surface area contributed by atoms with E-state index in [0.29, 0.717) is 6.04 Å². The summed E-state index contributed by atoms with van der Waals surface area (Å²) < 4.78 is 0. The number of nitrogens with zero attached hydrogens (tertiary/aromatic N) is 2. The molecule has 1 aromatic carbocycles. The van der Waals surface area contributed by atoms with Gasteiger partial charge in [-0.05, 0) is 50.9 Å². The Bertz CT molecular complexity index is 690. The van der Waals surface area contributed by atoms with Crippen LogP contribution >= 0.6 is 0 Å². The fraction of sp³-hybridized carbons (Fsp3) is 0.550. The minimum Gasteiger partial charge on any atom is -0.361 e. The average molecular weight is 342 g/mol. The highest BCUT2D eigenvalue weighted by Crippen LogP contribution is 2.18. The predicted molar refractivity (Wildman–Crippen MR) is 106 cm³/mol. The van der Waals surface area contributed by atoms with Gasteiger partial charge in [0.05, 0.1) is 6.54 Å². The van der Waals surface area contributed by atoms with Gasteiger partial charge in [-0.25, -0.2) is 0 Å². The van der Waals surface area contributed by atoms with E-state index in [2.05, 4.69) is 64.8 Å². The Kier molecular flexibility index (Phi) is 6.34. The maximum Gasteiger partial charge on any atom is 0.191 e. The number of likely N-dealkylation sites (N-methyl/N-ethyl adjacent to an activating group) is 1. The molecule has 2 aromatic rings. The lowest BCUT2D eigenvalue weighted by molar-refractivity contribution is 0.273. The number of aromatic amines is 1. The van der Waals surface area contributed by atoms with E-state index in [0.717, 1.165) is 38.6 Å². The van der Waals surface area contributed by atoms with Gasteiger partial charge >= 0.3 is 0 Å². The molecule has 1 saturated heterocycles. The summed E-state index contributed by atoms with van der Waals surface area (Å²) in [6.45, 7) is 9.37. The van der Waals surface area contributed by atoms with E-state index in [1.165, 1.54) is 35.9 Å². The molecule has 1 aliphatic rings. The average Bonchev–Trinajstić information content (AvgIpc) is 3.26. The van der Waals surface area contributed by atoms with Crippen LogP contribution in [-0.4, -0.2) is 54.6 Å². The number of benzene rings is 1. The molecule has 5 nitrogen and oxygen atoms in total. The van der Waals surface area contributed by atoms with Gasteiger partial charge in [0.15, 0.2) is 5.96 Å². The molecule has 1 unspecified atom stereocenters. The van der Waals surface area contributed by atoms with E-state index in [9.17, 15) is 0 Å². The van der Waals surface area contributed by atoms with Crippen molar-refractivity contribution >= 4 is 16.9 Å². The zero-order chi connectivity index (χ0) is 17.5. The lowest BCUT2D eigenvalue weighted by atomic mass is 10.1. The smallest absolute Gasteiger partial charge is 0.191 e. The van der Waals surface area contributed by atoms with Gasteiger partial charge in [0, 0.05) is 36.2 Å². The van der Waals surface area contributed by atoms with Crippen LogP contribution in [0.5, 0.6) is 0 Å². The Labute approximate surface area is 150 Å². The summed E-state index contributed by atoms with van der Waals surface area (Å²) in [4.78, 5) is 10.7. The monoisotopic (exact) mass is 341 g/mol. The van der Waals surface area contributed by atoms with Crippen molar-refractivity contribution in [1.82, 2.24) is 20.5 Å². The lowest BCUT2D eigenvalue weighted by Gasteiger charge is -2.21. The van der Waals surface area contributed by atoms with Crippen LogP contribution in [0, 0.1) is 0 Å². The Balaban J connectivity index is 1.54. The molecule has 0 spiro atoms. The third-order valence-corrected chi connectivity index (χ3v) is 5.07. The number of likely N-dealkylation sites (tertiary alicyclic amines) is 1. The number of fused-ring (bicyclic) bond motifs is 1. The van der Waals surface area contributed by atoms with Crippen LogP contribution < -0.4 is 10.6 Å². The highest BCUT2D eigenvalue weighted by molar-refractivity contribution is 5.83. The van der Waals surface area contributed by atoms with Crippen molar-refractivity contribution in [3.05, 3.63) is 36.0 Å². The molecule has 3 N–H and O–H groups in total. The second-order valence-corrected chi connectivity index (χ2v) is 6.68. The fourth-order valence-corrected chi connectivity index (χ4v) is 3.71. The van der Waals surface area contributed by atoms with Crippen molar-refractivity contribution in [3.63, 3.8) is 0 Å². The van der Waals surface area contributed by atoms with Gasteiger partial charge in [0.25, 0.3) is 0 Å². The first-order chi connectivity index (χ1) is 12.3. The fourth-order valence-electron chi connectivity index (χ4n) is 3.71. The molecule has 0 bridgehead atoms. The largest absolute Gasteiger partial charge is 0.361 e. The molecular weight excluding hydrogens is 310 g/mol. The van der Waals surface area contributed by atoms with Gasteiger partial charge in [-0.2, -0.15) is 0 Å². The standard InChI is InChI=1S/C20H31N5/c1-3-21-20(24-15-17-8-7-13-25(17)4-2)22-12-11-16-14-23-19-10-6-5-9-18(16)19/h5-6,9-10,14,17,23H,3-4,7-8,11-13,15H2,1-2H3,(H2,21,22,24). The zero-order valence-corrected chi connectivity index (χ0v) is 15.5. The van der Waals surface area contributed by atoms with E-state index in [1.54, 1.807) is 0 Å². The number of para-hydroxylation sites is 1.